The second-order valence-electron chi connectivity index (χ2n) is 4.75. The number of nitriles is 1. The molecule has 0 aliphatic carbocycles. The lowest BCUT2D eigenvalue weighted by atomic mass is 10.1. The first-order valence-electron chi connectivity index (χ1n) is 6.75. The molecule has 98 valence electrons. The predicted octanol–water partition coefficient (Wildman–Crippen LogP) is 3.52. The summed E-state index contributed by atoms with van der Waals surface area (Å²) < 4.78 is 2.21. The van der Waals surface area contributed by atoms with Gasteiger partial charge in [0.25, 0.3) is 0 Å². The second kappa shape index (κ2) is 5.18. The summed E-state index contributed by atoms with van der Waals surface area (Å²) in [5, 5.41) is 8.98. The number of nitrogens with zero attached hydrogens (tertiary/aromatic N) is 3. The third-order valence-corrected chi connectivity index (χ3v) is 3.48. The van der Waals surface area contributed by atoms with E-state index in [0.29, 0.717) is 5.56 Å². The van der Waals surface area contributed by atoms with E-state index in [9.17, 15) is 0 Å². The van der Waals surface area contributed by atoms with Gasteiger partial charge in [0, 0.05) is 13.0 Å². The SMILES string of the molecule is CCn1c(Cc2ccccc2)nc2cc(C#N)ccc21. The third kappa shape index (κ3) is 2.17. The molecule has 0 aliphatic rings. The quantitative estimate of drug-likeness (QED) is 0.724. The minimum absolute atomic E-state index is 0.657. The Hall–Kier alpha value is -2.60. The van der Waals surface area contributed by atoms with Crippen LogP contribution in [-0.2, 0) is 13.0 Å². The minimum Gasteiger partial charge on any atom is -0.328 e. The zero-order chi connectivity index (χ0) is 13.9. The number of aryl methyl sites for hydroxylation is 1. The Morgan fingerprint density at radius 3 is 2.65 bits per heavy atom. The average Bonchev–Trinajstić information content (AvgIpc) is 2.84. The van der Waals surface area contributed by atoms with Gasteiger partial charge in [-0.2, -0.15) is 5.26 Å². The molecule has 0 unspecified atom stereocenters. The highest BCUT2D eigenvalue weighted by atomic mass is 15.1. The van der Waals surface area contributed by atoms with Crippen LogP contribution in [0.3, 0.4) is 0 Å². The van der Waals surface area contributed by atoms with E-state index in [4.69, 9.17) is 10.2 Å². The average molecular weight is 261 g/mol. The van der Waals surface area contributed by atoms with Gasteiger partial charge < -0.3 is 4.57 Å². The highest BCUT2D eigenvalue weighted by Gasteiger charge is 2.10. The van der Waals surface area contributed by atoms with Gasteiger partial charge in [0.05, 0.1) is 22.7 Å². The van der Waals surface area contributed by atoms with E-state index in [1.165, 1.54) is 5.56 Å². The molecule has 0 aliphatic heterocycles. The standard InChI is InChI=1S/C17H15N3/c1-2-20-16-9-8-14(12-18)10-15(16)19-17(20)11-13-6-4-3-5-7-13/h3-10H,2,11H2,1H3. The number of benzene rings is 2. The van der Waals surface area contributed by atoms with Gasteiger partial charge in [-0.3, -0.25) is 0 Å². The first kappa shape index (κ1) is 12.4. The molecule has 0 fully saturated rings. The van der Waals surface area contributed by atoms with Crippen molar-refractivity contribution in [2.45, 2.75) is 19.9 Å². The molecule has 0 spiro atoms. The summed E-state index contributed by atoms with van der Waals surface area (Å²) in [5.41, 5.74) is 3.90. The maximum absolute atomic E-state index is 8.98. The smallest absolute Gasteiger partial charge is 0.114 e. The fourth-order valence-corrected chi connectivity index (χ4v) is 2.52. The molecule has 3 rings (SSSR count). The largest absolute Gasteiger partial charge is 0.328 e. The van der Waals surface area contributed by atoms with Crippen molar-refractivity contribution in [3.63, 3.8) is 0 Å². The minimum atomic E-state index is 0.657. The molecular formula is C17H15N3. The lowest BCUT2D eigenvalue weighted by molar-refractivity contribution is 0.733. The molecule has 0 radical (unpaired) electrons. The van der Waals surface area contributed by atoms with Crippen LogP contribution < -0.4 is 0 Å². The molecule has 0 atom stereocenters. The predicted molar refractivity (Wildman–Crippen MR) is 79.4 cm³/mol. The van der Waals surface area contributed by atoms with Gasteiger partial charge in [-0.25, -0.2) is 4.98 Å². The number of rotatable bonds is 3. The van der Waals surface area contributed by atoms with Crippen molar-refractivity contribution in [2.75, 3.05) is 0 Å². The van der Waals surface area contributed by atoms with Crippen LogP contribution in [0, 0.1) is 11.3 Å². The van der Waals surface area contributed by atoms with Crippen LogP contribution in [0.1, 0.15) is 23.9 Å². The molecule has 0 saturated carbocycles. The molecule has 0 N–H and O–H groups in total. The van der Waals surface area contributed by atoms with E-state index in [2.05, 4.69) is 29.7 Å². The fourth-order valence-electron chi connectivity index (χ4n) is 2.52. The van der Waals surface area contributed by atoms with Crippen molar-refractivity contribution in [2.24, 2.45) is 0 Å². The van der Waals surface area contributed by atoms with E-state index in [1.54, 1.807) is 0 Å². The molecule has 0 amide bonds. The lowest BCUT2D eigenvalue weighted by Gasteiger charge is -2.06. The first-order valence-corrected chi connectivity index (χ1v) is 6.75. The second-order valence-corrected chi connectivity index (χ2v) is 4.75. The van der Waals surface area contributed by atoms with Crippen molar-refractivity contribution < 1.29 is 0 Å². The maximum Gasteiger partial charge on any atom is 0.114 e. The van der Waals surface area contributed by atoms with Crippen molar-refractivity contribution >= 4 is 11.0 Å². The zero-order valence-electron chi connectivity index (χ0n) is 11.4. The van der Waals surface area contributed by atoms with E-state index in [1.807, 2.05) is 36.4 Å². The van der Waals surface area contributed by atoms with Crippen LogP contribution in [0.15, 0.2) is 48.5 Å². The molecule has 0 saturated heterocycles. The van der Waals surface area contributed by atoms with Crippen molar-refractivity contribution in [3.8, 4) is 6.07 Å². The van der Waals surface area contributed by atoms with Crippen LogP contribution >= 0.6 is 0 Å². The normalized spacial score (nSPS) is 10.6. The number of imidazole rings is 1. The van der Waals surface area contributed by atoms with Crippen LogP contribution in [-0.4, -0.2) is 9.55 Å². The first-order chi connectivity index (χ1) is 9.81. The lowest BCUT2D eigenvalue weighted by Crippen LogP contribution is -2.02. The van der Waals surface area contributed by atoms with Gasteiger partial charge in [-0.05, 0) is 30.7 Å². The summed E-state index contributed by atoms with van der Waals surface area (Å²) in [6, 6.07) is 18.2. The zero-order valence-corrected chi connectivity index (χ0v) is 11.4. The van der Waals surface area contributed by atoms with Crippen LogP contribution in [0.4, 0.5) is 0 Å². The summed E-state index contributed by atoms with van der Waals surface area (Å²) in [4.78, 5) is 4.70. The van der Waals surface area contributed by atoms with Gasteiger partial charge in [0.2, 0.25) is 0 Å². The summed E-state index contributed by atoms with van der Waals surface area (Å²) in [6.45, 7) is 3.00. The van der Waals surface area contributed by atoms with Crippen LogP contribution in [0.5, 0.6) is 0 Å². The summed E-state index contributed by atoms with van der Waals surface area (Å²) in [5.74, 6) is 1.05. The van der Waals surface area contributed by atoms with Gasteiger partial charge >= 0.3 is 0 Å². The number of hydrogen-bond donors (Lipinski definition) is 0. The molecule has 0 bridgehead atoms. The molecule has 1 heterocycles. The Labute approximate surface area is 118 Å². The topological polar surface area (TPSA) is 41.6 Å². The molecule has 1 aromatic heterocycles. The van der Waals surface area contributed by atoms with E-state index in [0.717, 1.165) is 29.8 Å². The summed E-state index contributed by atoms with van der Waals surface area (Å²) in [6.07, 6.45) is 0.811. The van der Waals surface area contributed by atoms with Gasteiger partial charge in [0.15, 0.2) is 0 Å². The van der Waals surface area contributed by atoms with Crippen molar-refractivity contribution in [1.82, 2.24) is 9.55 Å². The summed E-state index contributed by atoms with van der Waals surface area (Å²) >= 11 is 0. The molecule has 20 heavy (non-hydrogen) atoms. The Bertz CT molecular complexity index is 779. The molecule has 3 heteroatoms. The van der Waals surface area contributed by atoms with Crippen molar-refractivity contribution in [1.29, 1.82) is 5.26 Å². The Morgan fingerprint density at radius 1 is 1.15 bits per heavy atom. The van der Waals surface area contributed by atoms with Crippen LogP contribution in [0.2, 0.25) is 0 Å². The highest BCUT2D eigenvalue weighted by Crippen LogP contribution is 2.20. The Morgan fingerprint density at radius 2 is 1.95 bits per heavy atom. The molecule has 2 aromatic carbocycles. The molecular weight excluding hydrogens is 246 g/mol. The van der Waals surface area contributed by atoms with Gasteiger partial charge in [-0.1, -0.05) is 30.3 Å². The van der Waals surface area contributed by atoms with Gasteiger partial charge in [0.1, 0.15) is 5.82 Å². The van der Waals surface area contributed by atoms with Gasteiger partial charge in [-0.15, -0.1) is 0 Å². The maximum atomic E-state index is 8.98. The Balaban J connectivity index is 2.09. The number of aromatic nitrogens is 2. The number of hydrogen-bond acceptors (Lipinski definition) is 2. The monoisotopic (exact) mass is 261 g/mol. The van der Waals surface area contributed by atoms with E-state index in [-0.39, 0.29) is 0 Å². The van der Waals surface area contributed by atoms with E-state index >= 15 is 0 Å². The fraction of sp³-hybridized carbons (Fsp3) is 0.176. The highest BCUT2D eigenvalue weighted by molar-refractivity contribution is 5.77. The molecule has 3 aromatic rings. The third-order valence-electron chi connectivity index (χ3n) is 3.48. The van der Waals surface area contributed by atoms with Crippen molar-refractivity contribution in [3.05, 3.63) is 65.5 Å². The van der Waals surface area contributed by atoms with Crippen LogP contribution in [0.25, 0.3) is 11.0 Å². The number of fused-ring (bicyclic) bond motifs is 1. The Kier molecular flexibility index (Phi) is 3.22. The molecule has 3 nitrogen and oxygen atoms in total. The summed E-state index contributed by atoms with van der Waals surface area (Å²) in [7, 11) is 0. The van der Waals surface area contributed by atoms with E-state index < -0.39 is 0 Å².